The van der Waals surface area contributed by atoms with Gasteiger partial charge in [0.1, 0.15) is 0 Å². The van der Waals surface area contributed by atoms with Gasteiger partial charge in [0.15, 0.2) is 0 Å². The Morgan fingerprint density at radius 2 is 1.50 bits per heavy atom. The minimum Gasteiger partial charge on any atom is -0.481 e. The van der Waals surface area contributed by atoms with E-state index in [0.717, 1.165) is 12.8 Å². The summed E-state index contributed by atoms with van der Waals surface area (Å²) in [6, 6.07) is 0. The zero-order chi connectivity index (χ0) is 12.8. The Labute approximate surface area is 100 Å². The molecule has 1 N–H and O–H groups in total. The zero-order valence-corrected chi connectivity index (χ0v) is 11.6. The van der Waals surface area contributed by atoms with Crippen LogP contribution >= 0.6 is 0 Å². The van der Waals surface area contributed by atoms with Crippen LogP contribution in [0.25, 0.3) is 0 Å². The smallest absolute Gasteiger partial charge is 0.309 e. The fraction of sp³-hybridized carbons (Fsp3) is 0.929. The summed E-state index contributed by atoms with van der Waals surface area (Å²) in [5, 5.41) is 9.22. The topological polar surface area (TPSA) is 37.3 Å². The number of aliphatic carboxylic acids is 1. The molecule has 16 heavy (non-hydrogen) atoms. The lowest BCUT2D eigenvalue weighted by molar-refractivity contribution is -0.154. The molecule has 0 aliphatic rings. The Bertz CT molecular complexity index is 217. The quantitative estimate of drug-likeness (QED) is 0.622. The van der Waals surface area contributed by atoms with E-state index >= 15 is 0 Å². The van der Waals surface area contributed by atoms with Crippen molar-refractivity contribution < 1.29 is 9.90 Å². The normalized spacial score (nSPS) is 12.8. The van der Waals surface area contributed by atoms with Crippen LogP contribution in [0.4, 0.5) is 0 Å². The fourth-order valence-electron chi connectivity index (χ4n) is 1.77. The van der Waals surface area contributed by atoms with Crippen LogP contribution in [0.5, 0.6) is 0 Å². The molecule has 0 fully saturated rings. The molecule has 0 atom stereocenters. The van der Waals surface area contributed by atoms with E-state index in [1.54, 1.807) is 0 Å². The number of carboxylic acids is 1. The first-order valence-corrected chi connectivity index (χ1v) is 6.49. The SMILES string of the molecule is CCCCCCCC(C)(C)C(C)(C)C(=O)O. The molecule has 0 bridgehead atoms. The second-order valence-corrected chi connectivity index (χ2v) is 5.98. The van der Waals surface area contributed by atoms with Crippen molar-refractivity contribution in [2.45, 2.75) is 73.1 Å². The molecule has 2 heteroatoms. The Morgan fingerprint density at radius 1 is 1.00 bits per heavy atom. The van der Waals surface area contributed by atoms with E-state index in [4.69, 9.17) is 0 Å². The molecule has 0 aromatic carbocycles. The van der Waals surface area contributed by atoms with Gasteiger partial charge in [-0.2, -0.15) is 0 Å². The van der Waals surface area contributed by atoms with E-state index in [9.17, 15) is 9.90 Å². The van der Waals surface area contributed by atoms with Crippen LogP contribution in [0.1, 0.15) is 73.1 Å². The molecule has 0 aliphatic carbocycles. The Hall–Kier alpha value is -0.530. The van der Waals surface area contributed by atoms with Gasteiger partial charge in [-0.1, -0.05) is 52.9 Å². The van der Waals surface area contributed by atoms with Gasteiger partial charge in [-0.3, -0.25) is 4.79 Å². The van der Waals surface area contributed by atoms with Crippen LogP contribution in [-0.2, 0) is 4.79 Å². The van der Waals surface area contributed by atoms with Crippen molar-refractivity contribution in [2.24, 2.45) is 10.8 Å². The first-order valence-electron chi connectivity index (χ1n) is 6.49. The maximum Gasteiger partial charge on any atom is 0.309 e. The molecule has 0 aromatic rings. The van der Waals surface area contributed by atoms with Crippen molar-refractivity contribution in [3.63, 3.8) is 0 Å². The number of carbonyl (C=O) groups is 1. The maximum absolute atomic E-state index is 11.2. The lowest BCUT2D eigenvalue weighted by atomic mass is 9.65. The van der Waals surface area contributed by atoms with Gasteiger partial charge in [0, 0.05) is 0 Å². The third-order valence-electron chi connectivity index (χ3n) is 4.13. The molecular formula is C14H28O2. The second-order valence-electron chi connectivity index (χ2n) is 5.98. The molecule has 0 unspecified atom stereocenters. The van der Waals surface area contributed by atoms with Crippen LogP contribution in [0, 0.1) is 10.8 Å². The number of unbranched alkanes of at least 4 members (excludes halogenated alkanes) is 4. The first kappa shape index (κ1) is 15.5. The highest BCUT2D eigenvalue weighted by Gasteiger charge is 2.42. The summed E-state index contributed by atoms with van der Waals surface area (Å²) >= 11 is 0. The average Bonchev–Trinajstić information content (AvgIpc) is 2.16. The van der Waals surface area contributed by atoms with Gasteiger partial charge in [-0.05, 0) is 25.7 Å². The third-order valence-corrected chi connectivity index (χ3v) is 4.13. The predicted octanol–water partition coefficient (Wildman–Crippen LogP) is 4.48. The van der Waals surface area contributed by atoms with Crippen LogP contribution in [0.2, 0.25) is 0 Å². The number of hydrogen-bond donors (Lipinski definition) is 1. The van der Waals surface area contributed by atoms with Gasteiger partial charge < -0.3 is 5.11 Å². The number of rotatable bonds is 8. The van der Waals surface area contributed by atoms with Crippen LogP contribution in [0.3, 0.4) is 0 Å². The number of hydrogen-bond acceptors (Lipinski definition) is 1. The largest absolute Gasteiger partial charge is 0.481 e. The van der Waals surface area contributed by atoms with E-state index in [1.165, 1.54) is 25.7 Å². The minimum absolute atomic E-state index is 0.134. The van der Waals surface area contributed by atoms with E-state index in [-0.39, 0.29) is 5.41 Å². The summed E-state index contributed by atoms with van der Waals surface area (Å²) in [6.07, 6.45) is 7.19. The molecular weight excluding hydrogens is 200 g/mol. The summed E-state index contributed by atoms with van der Waals surface area (Å²) in [4.78, 5) is 11.2. The van der Waals surface area contributed by atoms with E-state index in [2.05, 4.69) is 20.8 Å². The van der Waals surface area contributed by atoms with Crippen molar-refractivity contribution in [3.05, 3.63) is 0 Å². The average molecular weight is 228 g/mol. The molecule has 0 amide bonds. The highest BCUT2D eigenvalue weighted by atomic mass is 16.4. The molecule has 0 saturated carbocycles. The van der Waals surface area contributed by atoms with Crippen molar-refractivity contribution in [3.8, 4) is 0 Å². The summed E-state index contributed by atoms with van der Waals surface area (Å²) in [6.45, 7) is 10.0. The second kappa shape index (κ2) is 6.27. The van der Waals surface area contributed by atoms with Gasteiger partial charge in [-0.15, -0.1) is 0 Å². The van der Waals surface area contributed by atoms with Gasteiger partial charge in [0.2, 0.25) is 0 Å². The first-order chi connectivity index (χ1) is 7.25. The van der Waals surface area contributed by atoms with Gasteiger partial charge in [0.05, 0.1) is 5.41 Å². The van der Waals surface area contributed by atoms with E-state index < -0.39 is 11.4 Å². The van der Waals surface area contributed by atoms with Crippen LogP contribution in [0.15, 0.2) is 0 Å². The lowest BCUT2D eigenvalue weighted by Gasteiger charge is -2.38. The molecule has 0 saturated heterocycles. The highest BCUT2D eigenvalue weighted by molar-refractivity contribution is 5.74. The molecule has 0 radical (unpaired) electrons. The van der Waals surface area contributed by atoms with Crippen molar-refractivity contribution in [1.29, 1.82) is 0 Å². The van der Waals surface area contributed by atoms with Gasteiger partial charge >= 0.3 is 5.97 Å². The zero-order valence-electron chi connectivity index (χ0n) is 11.6. The molecule has 96 valence electrons. The van der Waals surface area contributed by atoms with Crippen LogP contribution < -0.4 is 0 Å². The van der Waals surface area contributed by atoms with Crippen molar-refractivity contribution in [1.82, 2.24) is 0 Å². The van der Waals surface area contributed by atoms with E-state index in [1.807, 2.05) is 13.8 Å². The van der Waals surface area contributed by atoms with Gasteiger partial charge in [0.25, 0.3) is 0 Å². The molecule has 0 aliphatic heterocycles. The summed E-state index contributed by atoms with van der Waals surface area (Å²) in [5.41, 5.74) is -0.775. The fourth-order valence-corrected chi connectivity index (χ4v) is 1.77. The third kappa shape index (κ3) is 4.15. The molecule has 0 heterocycles. The summed E-state index contributed by atoms with van der Waals surface area (Å²) in [7, 11) is 0. The maximum atomic E-state index is 11.2. The molecule has 0 rings (SSSR count). The van der Waals surface area contributed by atoms with Crippen LogP contribution in [-0.4, -0.2) is 11.1 Å². The summed E-state index contributed by atoms with van der Waals surface area (Å²) in [5.74, 6) is -0.689. The minimum atomic E-state index is -0.689. The summed E-state index contributed by atoms with van der Waals surface area (Å²) < 4.78 is 0. The highest BCUT2D eigenvalue weighted by Crippen LogP contribution is 2.42. The van der Waals surface area contributed by atoms with E-state index in [0.29, 0.717) is 0 Å². The lowest BCUT2D eigenvalue weighted by Crippen LogP contribution is -2.39. The predicted molar refractivity (Wildman–Crippen MR) is 68.6 cm³/mol. The molecule has 2 nitrogen and oxygen atoms in total. The Balaban J connectivity index is 4.09. The number of carboxylic acid groups (broad SMARTS) is 1. The molecule has 0 aromatic heterocycles. The Kier molecular flexibility index (Phi) is 6.06. The van der Waals surface area contributed by atoms with Crippen molar-refractivity contribution in [2.75, 3.05) is 0 Å². The molecule has 0 spiro atoms. The Morgan fingerprint density at radius 3 is 1.94 bits per heavy atom. The standard InChI is InChI=1S/C14H28O2/c1-6-7-8-9-10-11-13(2,3)14(4,5)12(15)16/h6-11H2,1-5H3,(H,15,16). The van der Waals surface area contributed by atoms with Gasteiger partial charge in [-0.25, -0.2) is 0 Å². The monoisotopic (exact) mass is 228 g/mol. The van der Waals surface area contributed by atoms with Crippen molar-refractivity contribution >= 4 is 5.97 Å².